The van der Waals surface area contributed by atoms with Crippen LogP contribution >= 0.6 is 0 Å². The molecule has 0 N–H and O–H groups in total. The summed E-state index contributed by atoms with van der Waals surface area (Å²) in [6.07, 6.45) is 3.43. The van der Waals surface area contributed by atoms with Gasteiger partial charge in [0.1, 0.15) is 6.33 Å². The van der Waals surface area contributed by atoms with Crippen molar-refractivity contribution in [3.63, 3.8) is 0 Å². The molecule has 0 spiro atoms. The van der Waals surface area contributed by atoms with Gasteiger partial charge in [0.15, 0.2) is 5.65 Å². The second kappa shape index (κ2) is 7.48. The van der Waals surface area contributed by atoms with Crippen LogP contribution < -0.4 is 0 Å². The summed E-state index contributed by atoms with van der Waals surface area (Å²) in [6.45, 7) is 8.66. The minimum Gasteiger partial charge on any atom is -0.336 e. The SMILES string of the molecule is CC(C)c1ccc(CN2CCN(C(=O)c3ccc4nncn4c3)CC2)cc1. The molecular formula is C21H25N5O. The monoisotopic (exact) mass is 363 g/mol. The number of benzene rings is 1. The van der Waals surface area contributed by atoms with Gasteiger partial charge in [0.2, 0.25) is 0 Å². The maximum atomic E-state index is 12.8. The Labute approximate surface area is 159 Å². The molecule has 6 nitrogen and oxygen atoms in total. The largest absolute Gasteiger partial charge is 0.336 e. The van der Waals surface area contributed by atoms with Crippen LogP contribution in [0.4, 0.5) is 0 Å². The number of hydrogen-bond donors (Lipinski definition) is 0. The van der Waals surface area contributed by atoms with Crippen molar-refractivity contribution < 1.29 is 4.79 Å². The molecule has 1 aliphatic rings. The molecule has 1 fully saturated rings. The van der Waals surface area contributed by atoms with Gasteiger partial charge in [-0.05, 0) is 29.2 Å². The summed E-state index contributed by atoms with van der Waals surface area (Å²) in [5.74, 6) is 0.637. The Morgan fingerprint density at radius 3 is 2.48 bits per heavy atom. The average Bonchev–Trinajstić information content (AvgIpc) is 3.16. The van der Waals surface area contributed by atoms with Crippen LogP contribution in [0.5, 0.6) is 0 Å². The van der Waals surface area contributed by atoms with Crippen molar-refractivity contribution in [2.75, 3.05) is 26.2 Å². The van der Waals surface area contributed by atoms with E-state index in [0.717, 1.165) is 38.4 Å². The van der Waals surface area contributed by atoms with Crippen LogP contribution in [-0.4, -0.2) is 56.5 Å². The van der Waals surface area contributed by atoms with Gasteiger partial charge in [-0.3, -0.25) is 14.1 Å². The van der Waals surface area contributed by atoms with E-state index in [9.17, 15) is 4.79 Å². The Hall–Kier alpha value is -2.73. The summed E-state index contributed by atoms with van der Waals surface area (Å²) < 4.78 is 1.78. The zero-order valence-corrected chi connectivity index (χ0v) is 15.9. The van der Waals surface area contributed by atoms with Crippen molar-refractivity contribution in [1.82, 2.24) is 24.4 Å². The summed E-state index contributed by atoms with van der Waals surface area (Å²) in [7, 11) is 0. The Morgan fingerprint density at radius 1 is 1.04 bits per heavy atom. The van der Waals surface area contributed by atoms with E-state index in [1.807, 2.05) is 17.0 Å². The molecule has 3 heterocycles. The van der Waals surface area contributed by atoms with Crippen molar-refractivity contribution in [3.8, 4) is 0 Å². The van der Waals surface area contributed by atoms with Gasteiger partial charge >= 0.3 is 0 Å². The molecule has 1 saturated heterocycles. The zero-order chi connectivity index (χ0) is 18.8. The van der Waals surface area contributed by atoms with E-state index < -0.39 is 0 Å². The molecule has 0 unspecified atom stereocenters. The second-order valence-electron chi connectivity index (χ2n) is 7.48. The number of aromatic nitrogens is 3. The number of carbonyl (C=O) groups excluding carboxylic acids is 1. The van der Waals surface area contributed by atoms with Crippen LogP contribution in [0.2, 0.25) is 0 Å². The van der Waals surface area contributed by atoms with Gasteiger partial charge in [0.25, 0.3) is 5.91 Å². The number of pyridine rings is 1. The van der Waals surface area contributed by atoms with Crippen molar-refractivity contribution >= 4 is 11.6 Å². The number of hydrogen-bond acceptors (Lipinski definition) is 4. The fourth-order valence-electron chi connectivity index (χ4n) is 3.51. The quantitative estimate of drug-likeness (QED) is 0.715. The van der Waals surface area contributed by atoms with E-state index in [2.05, 4.69) is 53.2 Å². The van der Waals surface area contributed by atoms with Crippen molar-refractivity contribution in [3.05, 3.63) is 65.6 Å². The molecule has 3 aromatic rings. The number of nitrogens with zero attached hydrogens (tertiary/aromatic N) is 5. The van der Waals surface area contributed by atoms with Crippen molar-refractivity contribution in [2.45, 2.75) is 26.3 Å². The summed E-state index contributed by atoms with van der Waals surface area (Å²) in [5.41, 5.74) is 4.14. The highest BCUT2D eigenvalue weighted by molar-refractivity contribution is 5.94. The highest BCUT2D eigenvalue weighted by atomic mass is 16.2. The van der Waals surface area contributed by atoms with Gasteiger partial charge in [-0.2, -0.15) is 0 Å². The molecule has 1 aliphatic heterocycles. The molecular weight excluding hydrogens is 338 g/mol. The molecule has 27 heavy (non-hydrogen) atoms. The van der Waals surface area contributed by atoms with Crippen molar-refractivity contribution in [2.24, 2.45) is 0 Å². The molecule has 2 aromatic heterocycles. The van der Waals surface area contributed by atoms with Crippen LogP contribution in [-0.2, 0) is 6.54 Å². The third-order valence-electron chi connectivity index (χ3n) is 5.25. The molecule has 6 heteroatoms. The van der Waals surface area contributed by atoms with Crippen LogP contribution in [0.15, 0.2) is 48.9 Å². The van der Waals surface area contributed by atoms with E-state index in [1.54, 1.807) is 16.9 Å². The molecule has 140 valence electrons. The van der Waals surface area contributed by atoms with Crippen LogP contribution in [0.1, 0.15) is 41.3 Å². The molecule has 0 atom stereocenters. The second-order valence-corrected chi connectivity index (χ2v) is 7.48. The predicted molar refractivity (Wildman–Crippen MR) is 105 cm³/mol. The van der Waals surface area contributed by atoms with E-state index >= 15 is 0 Å². The topological polar surface area (TPSA) is 53.7 Å². The summed E-state index contributed by atoms with van der Waals surface area (Å²) >= 11 is 0. The fraction of sp³-hybridized carbons (Fsp3) is 0.381. The molecule has 1 aromatic carbocycles. The van der Waals surface area contributed by atoms with Crippen LogP contribution in [0.25, 0.3) is 5.65 Å². The highest BCUT2D eigenvalue weighted by Gasteiger charge is 2.22. The molecule has 0 saturated carbocycles. The third kappa shape index (κ3) is 3.85. The molecule has 0 bridgehead atoms. The Kier molecular flexibility index (Phi) is 4.90. The number of piperazine rings is 1. The van der Waals surface area contributed by atoms with Crippen molar-refractivity contribution in [1.29, 1.82) is 0 Å². The lowest BCUT2D eigenvalue weighted by Gasteiger charge is -2.34. The summed E-state index contributed by atoms with van der Waals surface area (Å²) in [5, 5.41) is 7.84. The van der Waals surface area contributed by atoms with Gasteiger partial charge in [-0.25, -0.2) is 0 Å². The zero-order valence-electron chi connectivity index (χ0n) is 15.9. The normalized spacial score (nSPS) is 15.6. The average molecular weight is 363 g/mol. The van der Waals surface area contributed by atoms with Gasteiger partial charge in [0.05, 0.1) is 5.56 Å². The molecule has 0 aliphatic carbocycles. The van der Waals surface area contributed by atoms with Gasteiger partial charge in [0, 0.05) is 38.9 Å². The first-order valence-corrected chi connectivity index (χ1v) is 9.50. The van der Waals surface area contributed by atoms with Gasteiger partial charge < -0.3 is 4.90 Å². The van der Waals surface area contributed by atoms with Gasteiger partial charge in [-0.1, -0.05) is 38.1 Å². The maximum Gasteiger partial charge on any atom is 0.255 e. The number of rotatable bonds is 4. The lowest BCUT2D eigenvalue weighted by Crippen LogP contribution is -2.48. The van der Waals surface area contributed by atoms with E-state index in [-0.39, 0.29) is 5.91 Å². The maximum absolute atomic E-state index is 12.8. The lowest BCUT2D eigenvalue weighted by molar-refractivity contribution is 0.0628. The number of amides is 1. The van der Waals surface area contributed by atoms with E-state index in [4.69, 9.17) is 0 Å². The minimum atomic E-state index is 0.0755. The van der Waals surface area contributed by atoms with E-state index in [0.29, 0.717) is 11.5 Å². The Bertz CT molecular complexity index is 923. The van der Waals surface area contributed by atoms with E-state index in [1.165, 1.54) is 11.1 Å². The molecule has 4 rings (SSSR count). The number of carbonyl (C=O) groups is 1. The van der Waals surface area contributed by atoms with Gasteiger partial charge in [-0.15, -0.1) is 10.2 Å². The first-order chi connectivity index (χ1) is 13.1. The predicted octanol–water partition coefficient (Wildman–Crippen LogP) is 2.81. The summed E-state index contributed by atoms with van der Waals surface area (Å²) in [6, 6.07) is 12.6. The Morgan fingerprint density at radius 2 is 1.78 bits per heavy atom. The molecule has 0 radical (unpaired) electrons. The fourth-order valence-corrected chi connectivity index (χ4v) is 3.51. The first-order valence-electron chi connectivity index (χ1n) is 9.50. The standard InChI is InChI=1S/C21H25N5O/c1-16(2)18-5-3-17(4-6-18)13-24-9-11-25(12-10-24)21(27)19-7-8-20-23-22-15-26(20)14-19/h3-8,14-16H,9-13H2,1-2H3. The third-order valence-corrected chi connectivity index (χ3v) is 5.25. The molecule has 1 amide bonds. The smallest absolute Gasteiger partial charge is 0.255 e. The van der Waals surface area contributed by atoms with Crippen LogP contribution in [0, 0.1) is 0 Å². The highest BCUT2D eigenvalue weighted by Crippen LogP contribution is 2.17. The summed E-state index contributed by atoms with van der Waals surface area (Å²) in [4.78, 5) is 17.1. The number of fused-ring (bicyclic) bond motifs is 1. The Balaban J connectivity index is 1.34. The minimum absolute atomic E-state index is 0.0755. The lowest BCUT2D eigenvalue weighted by atomic mass is 10.0. The van der Waals surface area contributed by atoms with Crippen LogP contribution in [0.3, 0.4) is 0 Å². The first kappa shape index (κ1) is 17.7.